The molecule has 0 N–H and O–H groups in total. The molecular formula is C27H23Cl2N3O6S2. The van der Waals surface area contributed by atoms with Crippen LogP contribution >= 0.6 is 46.3 Å². The second-order valence-corrected chi connectivity index (χ2v) is 12.4. The van der Waals surface area contributed by atoms with Crippen LogP contribution in [-0.2, 0) is 25.7 Å². The number of amides is 3. The van der Waals surface area contributed by atoms with Crippen molar-refractivity contribution in [2.45, 2.75) is 22.7 Å². The molecule has 0 bridgehead atoms. The lowest BCUT2D eigenvalue weighted by atomic mass is 9.83. The van der Waals surface area contributed by atoms with E-state index in [9.17, 15) is 19.2 Å². The van der Waals surface area contributed by atoms with Crippen molar-refractivity contribution in [2.24, 2.45) is 5.92 Å². The lowest BCUT2D eigenvalue weighted by Gasteiger charge is -2.31. The number of carbonyl (C=O) groups is 3. The van der Waals surface area contributed by atoms with Gasteiger partial charge in [-0.3, -0.25) is 23.7 Å². The number of imide groups is 1. The highest BCUT2D eigenvalue weighted by Gasteiger charge is 2.57. The van der Waals surface area contributed by atoms with Gasteiger partial charge >= 0.3 is 4.87 Å². The number of rotatable bonds is 5. The first-order chi connectivity index (χ1) is 19.3. The normalized spacial score (nSPS) is 22.3. The molecular weight excluding hydrogens is 597 g/mol. The maximum absolute atomic E-state index is 14.0. The summed E-state index contributed by atoms with van der Waals surface area (Å²) in [4.78, 5) is 57.4. The number of nitrogens with zero attached hydrogens (tertiary/aromatic N) is 3. The number of anilines is 1. The standard InChI is InChI=1S/C27H23Cl2N3O6S2/c1-37-15-7-5-14(6-8-15)32-24(34)20-19(16-3-2-4-17(28)21(16)29)23-26(39-22(20)25(32)35)31(27(36)40-23)13-18(33)30-9-11-38-12-10-30/h2-8,19-20,22H,9-13H2,1H3/t19-,20-,22+/m0/s1. The third kappa shape index (κ3) is 4.53. The van der Waals surface area contributed by atoms with Gasteiger partial charge in [0.05, 0.1) is 47.0 Å². The monoisotopic (exact) mass is 619 g/mol. The minimum absolute atomic E-state index is 0.171. The summed E-state index contributed by atoms with van der Waals surface area (Å²) in [5.41, 5.74) is 0.973. The summed E-state index contributed by atoms with van der Waals surface area (Å²) in [6, 6.07) is 11.8. The van der Waals surface area contributed by atoms with Crippen LogP contribution in [0.25, 0.3) is 0 Å². The van der Waals surface area contributed by atoms with Crippen LogP contribution < -0.4 is 14.5 Å². The molecule has 1 aromatic heterocycles. The fourth-order valence-corrected chi connectivity index (χ4v) is 8.57. The molecule has 3 amide bonds. The highest BCUT2D eigenvalue weighted by Crippen LogP contribution is 2.55. The third-order valence-corrected chi connectivity index (χ3v) is 10.8. The fraction of sp³-hybridized carbons (Fsp3) is 0.333. The SMILES string of the molecule is COc1ccc(N2C(=O)[C@H]3[C@H](c4cccc(Cl)c4Cl)c4sc(=O)n(CC(=O)N5CCOCC5)c4S[C@H]3C2=O)cc1. The average Bonchev–Trinajstić information content (AvgIpc) is 3.41. The zero-order valence-electron chi connectivity index (χ0n) is 21.2. The number of hydrogen-bond donors (Lipinski definition) is 0. The number of hydrogen-bond acceptors (Lipinski definition) is 8. The van der Waals surface area contributed by atoms with Gasteiger partial charge in [0.1, 0.15) is 17.5 Å². The maximum Gasteiger partial charge on any atom is 0.308 e. The molecule has 13 heteroatoms. The molecule has 0 unspecified atom stereocenters. The van der Waals surface area contributed by atoms with Crippen molar-refractivity contribution in [1.29, 1.82) is 0 Å². The highest BCUT2D eigenvalue weighted by molar-refractivity contribution is 8.00. The molecule has 3 aromatic rings. The molecule has 40 heavy (non-hydrogen) atoms. The number of benzene rings is 2. The second kappa shape index (κ2) is 10.9. The van der Waals surface area contributed by atoms with E-state index in [-0.39, 0.29) is 22.3 Å². The van der Waals surface area contributed by atoms with Gasteiger partial charge in [-0.25, -0.2) is 4.90 Å². The molecule has 6 rings (SSSR count). The van der Waals surface area contributed by atoms with Gasteiger partial charge in [-0.2, -0.15) is 0 Å². The molecule has 4 heterocycles. The van der Waals surface area contributed by atoms with Gasteiger partial charge in [-0.15, -0.1) is 0 Å². The van der Waals surface area contributed by atoms with Crippen molar-refractivity contribution >= 4 is 69.7 Å². The Morgan fingerprint density at radius 1 is 1.05 bits per heavy atom. The van der Waals surface area contributed by atoms with Crippen LogP contribution in [0.1, 0.15) is 16.4 Å². The number of ether oxygens (including phenoxy) is 2. The largest absolute Gasteiger partial charge is 0.497 e. The first-order valence-electron chi connectivity index (χ1n) is 12.5. The predicted octanol–water partition coefficient (Wildman–Crippen LogP) is 3.88. The third-order valence-electron chi connectivity index (χ3n) is 7.35. The minimum Gasteiger partial charge on any atom is -0.497 e. The minimum atomic E-state index is -0.833. The first-order valence-corrected chi connectivity index (χ1v) is 15.0. The molecule has 2 fully saturated rings. The van der Waals surface area contributed by atoms with Gasteiger partial charge in [-0.1, -0.05) is 58.4 Å². The van der Waals surface area contributed by atoms with Crippen molar-refractivity contribution in [3.8, 4) is 5.75 Å². The van der Waals surface area contributed by atoms with Crippen LogP contribution in [0.3, 0.4) is 0 Å². The van der Waals surface area contributed by atoms with Crippen molar-refractivity contribution in [1.82, 2.24) is 9.47 Å². The Labute approximate surface area is 247 Å². The van der Waals surface area contributed by atoms with Gasteiger partial charge in [0.15, 0.2) is 0 Å². The molecule has 3 aliphatic heterocycles. The van der Waals surface area contributed by atoms with Crippen molar-refractivity contribution in [2.75, 3.05) is 38.3 Å². The van der Waals surface area contributed by atoms with Crippen LogP contribution in [0, 0.1) is 5.92 Å². The smallest absolute Gasteiger partial charge is 0.308 e. The zero-order chi connectivity index (χ0) is 28.1. The summed E-state index contributed by atoms with van der Waals surface area (Å²) in [6.45, 7) is 1.60. The van der Waals surface area contributed by atoms with Gasteiger partial charge < -0.3 is 14.4 Å². The molecule has 3 atom stereocenters. The Morgan fingerprint density at radius 3 is 2.48 bits per heavy atom. The van der Waals surface area contributed by atoms with Gasteiger partial charge in [0, 0.05) is 23.9 Å². The molecule has 0 aliphatic carbocycles. The summed E-state index contributed by atoms with van der Waals surface area (Å²) in [5.74, 6) is -1.94. The number of halogens is 2. The number of methoxy groups -OCH3 is 1. The molecule has 0 saturated carbocycles. The molecule has 0 spiro atoms. The first kappa shape index (κ1) is 27.3. The lowest BCUT2D eigenvalue weighted by Crippen LogP contribution is -2.43. The summed E-state index contributed by atoms with van der Waals surface area (Å²) in [6.07, 6.45) is 0. The number of morpholine rings is 1. The van der Waals surface area contributed by atoms with Crippen LogP contribution in [0.2, 0.25) is 10.0 Å². The highest BCUT2D eigenvalue weighted by atomic mass is 35.5. The fourth-order valence-electron chi connectivity index (χ4n) is 5.38. The topological polar surface area (TPSA) is 98.2 Å². The molecule has 2 aromatic carbocycles. The molecule has 2 saturated heterocycles. The Morgan fingerprint density at radius 2 is 1.77 bits per heavy atom. The van der Waals surface area contributed by atoms with Crippen molar-refractivity contribution in [3.63, 3.8) is 0 Å². The Balaban J connectivity index is 1.45. The Bertz CT molecular complexity index is 1570. The van der Waals surface area contributed by atoms with Crippen molar-refractivity contribution < 1.29 is 23.9 Å². The van der Waals surface area contributed by atoms with E-state index >= 15 is 0 Å². The number of thioether (sulfide) groups is 1. The maximum atomic E-state index is 14.0. The number of carbonyl (C=O) groups excluding carboxylic acids is 3. The molecule has 0 radical (unpaired) electrons. The van der Waals surface area contributed by atoms with Gasteiger partial charge in [-0.05, 0) is 35.9 Å². The van der Waals surface area contributed by atoms with E-state index in [2.05, 4.69) is 0 Å². The molecule has 3 aliphatic rings. The van der Waals surface area contributed by atoms with E-state index < -0.39 is 28.9 Å². The van der Waals surface area contributed by atoms with E-state index in [1.165, 1.54) is 16.6 Å². The quantitative estimate of drug-likeness (QED) is 0.400. The lowest BCUT2D eigenvalue weighted by molar-refractivity contribution is -0.136. The summed E-state index contributed by atoms with van der Waals surface area (Å²) in [7, 11) is 1.54. The Kier molecular flexibility index (Phi) is 7.43. The van der Waals surface area contributed by atoms with Crippen LogP contribution in [0.5, 0.6) is 5.75 Å². The predicted molar refractivity (Wildman–Crippen MR) is 153 cm³/mol. The van der Waals surface area contributed by atoms with E-state index in [1.807, 2.05) is 0 Å². The van der Waals surface area contributed by atoms with E-state index in [0.29, 0.717) is 58.2 Å². The number of fused-ring (bicyclic) bond motifs is 2. The zero-order valence-corrected chi connectivity index (χ0v) is 24.3. The summed E-state index contributed by atoms with van der Waals surface area (Å²) >= 11 is 15.2. The Hall–Kier alpha value is -2.83. The van der Waals surface area contributed by atoms with Crippen LogP contribution in [0.4, 0.5) is 5.69 Å². The molecule has 208 valence electrons. The van der Waals surface area contributed by atoms with Crippen LogP contribution in [0.15, 0.2) is 52.3 Å². The molecule has 9 nitrogen and oxygen atoms in total. The summed E-state index contributed by atoms with van der Waals surface area (Å²) in [5, 5.41) is 0.219. The second-order valence-electron chi connectivity index (χ2n) is 9.51. The van der Waals surface area contributed by atoms with Gasteiger partial charge in [0.25, 0.3) is 0 Å². The van der Waals surface area contributed by atoms with Crippen molar-refractivity contribution in [3.05, 3.63) is 72.6 Å². The van der Waals surface area contributed by atoms with Crippen LogP contribution in [-0.4, -0.2) is 65.9 Å². The number of aromatic nitrogens is 1. The van der Waals surface area contributed by atoms with E-state index in [4.69, 9.17) is 32.7 Å². The summed E-state index contributed by atoms with van der Waals surface area (Å²) < 4.78 is 12.0. The van der Waals surface area contributed by atoms with E-state index in [0.717, 1.165) is 23.1 Å². The van der Waals surface area contributed by atoms with Gasteiger partial charge in [0.2, 0.25) is 17.7 Å². The number of thiazole rings is 1. The van der Waals surface area contributed by atoms with E-state index in [1.54, 1.807) is 47.4 Å². The average molecular weight is 621 g/mol.